The fraction of sp³-hybridized carbons (Fsp3) is 0.286. The van der Waals surface area contributed by atoms with Crippen LogP contribution >= 0.6 is 0 Å². The molecule has 0 N–H and O–H groups in total. The van der Waals surface area contributed by atoms with E-state index in [0.29, 0.717) is 12.2 Å². The van der Waals surface area contributed by atoms with Crippen molar-refractivity contribution in [1.29, 1.82) is 0 Å². The summed E-state index contributed by atoms with van der Waals surface area (Å²) < 4.78 is 1.73. The Morgan fingerprint density at radius 2 is 2.00 bits per heavy atom. The van der Waals surface area contributed by atoms with Gasteiger partial charge in [0.1, 0.15) is 5.69 Å². The van der Waals surface area contributed by atoms with Crippen LogP contribution < -0.4 is 4.90 Å². The Morgan fingerprint density at radius 3 is 2.61 bits per heavy atom. The molecule has 0 aliphatic heterocycles. The lowest BCUT2D eigenvalue weighted by atomic mass is 10.2. The Balaban J connectivity index is 2.31. The van der Waals surface area contributed by atoms with Crippen molar-refractivity contribution in [3.63, 3.8) is 0 Å². The molecule has 0 fully saturated rings. The predicted molar refractivity (Wildman–Crippen MR) is 71.8 cm³/mol. The predicted octanol–water partition coefficient (Wildman–Crippen LogP) is 2.49. The highest BCUT2D eigenvalue weighted by Crippen LogP contribution is 2.15. The highest BCUT2D eigenvalue weighted by molar-refractivity contribution is 6.04. The number of aromatic nitrogens is 2. The quantitative estimate of drug-likeness (QED) is 0.830. The maximum Gasteiger partial charge on any atom is 0.276 e. The van der Waals surface area contributed by atoms with Crippen LogP contribution in [0.3, 0.4) is 0 Å². The van der Waals surface area contributed by atoms with E-state index in [1.165, 1.54) is 0 Å². The van der Waals surface area contributed by atoms with Gasteiger partial charge in [-0.2, -0.15) is 5.10 Å². The van der Waals surface area contributed by atoms with Gasteiger partial charge in [-0.25, -0.2) is 0 Å². The first kappa shape index (κ1) is 12.4. The third-order valence-electron chi connectivity index (χ3n) is 2.87. The molecule has 18 heavy (non-hydrogen) atoms. The molecule has 1 amide bonds. The van der Waals surface area contributed by atoms with Crippen LogP contribution in [-0.2, 0) is 6.54 Å². The lowest BCUT2D eigenvalue weighted by Crippen LogP contribution is -2.28. The van der Waals surface area contributed by atoms with Gasteiger partial charge in [-0.05, 0) is 32.0 Å². The van der Waals surface area contributed by atoms with Crippen molar-refractivity contribution in [3.8, 4) is 0 Å². The number of benzene rings is 1. The summed E-state index contributed by atoms with van der Waals surface area (Å²) in [4.78, 5) is 14.0. The van der Waals surface area contributed by atoms with Gasteiger partial charge in [-0.3, -0.25) is 9.48 Å². The summed E-state index contributed by atoms with van der Waals surface area (Å²) in [7, 11) is 1.78. The van der Waals surface area contributed by atoms with Crippen LogP contribution in [0.15, 0.2) is 36.4 Å². The Labute approximate surface area is 107 Å². The zero-order valence-corrected chi connectivity index (χ0v) is 10.9. The lowest BCUT2D eigenvalue weighted by Gasteiger charge is -2.17. The van der Waals surface area contributed by atoms with Crippen molar-refractivity contribution in [1.82, 2.24) is 9.78 Å². The molecule has 0 saturated heterocycles. The highest BCUT2D eigenvalue weighted by atomic mass is 16.2. The smallest absolute Gasteiger partial charge is 0.276 e. The number of nitrogens with zero attached hydrogens (tertiary/aromatic N) is 3. The Kier molecular flexibility index (Phi) is 3.46. The molecule has 0 bridgehead atoms. The summed E-state index contributed by atoms with van der Waals surface area (Å²) in [5.74, 6) is -0.0383. The Bertz CT molecular complexity index is 545. The maximum atomic E-state index is 12.4. The van der Waals surface area contributed by atoms with E-state index in [-0.39, 0.29) is 5.91 Å². The number of hydrogen-bond donors (Lipinski definition) is 0. The van der Waals surface area contributed by atoms with Crippen LogP contribution in [0.2, 0.25) is 0 Å². The van der Waals surface area contributed by atoms with Crippen molar-refractivity contribution in [3.05, 3.63) is 47.8 Å². The van der Waals surface area contributed by atoms with Gasteiger partial charge in [0.2, 0.25) is 0 Å². The van der Waals surface area contributed by atoms with Crippen molar-refractivity contribution in [2.24, 2.45) is 0 Å². The molecule has 0 spiro atoms. The maximum absolute atomic E-state index is 12.4. The number of anilines is 1. The average Bonchev–Trinajstić information content (AvgIpc) is 2.79. The van der Waals surface area contributed by atoms with Gasteiger partial charge in [-0.1, -0.05) is 18.2 Å². The standard InChI is InChI=1S/C14H17N3O/c1-4-17-13(10-11(2)15-17)14(18)16(3)12-8-6-5-7-9-12/h5-10H,4H2,1-3H3. The number of para-hydroxylation sites is 1. The minimum atomic E-state index is -0.0383. The van der Waals surface area contributed by atoms with E-state index in [0.717, 1.165) is 11.4 Å². The molecule has 0 radical (unpaired) electrons. The van der Waals surface area contributed by atoms with E-state index >= 15 is 0 Å². The van der Waals surface area contributed by atoms with E-state index < -0.39 is 0 Å². The summed E-state index contributed by atoms with van der Waals surface area (Å²) in [6.07, 6.45) is 0. The topological polar surface area (TPSA) is 38.1 Å². The minimum Gasteiger partial charge on any atom is -0.310 e. The highest BCUT2D eigenvalue weighted by Gasteiger charge is 2.18. The Morgan fingerprint density at radius 1 is 1.33 bits per heavy atom. The van der Waals surface area contributed by atoms with Crippen molar-refractivity contribution in [2.75, 3.05) is 11.9 Å². The first-order valence-electron chi connectivity index (χ1n) is 6.01. The zero-order valence-electron chi connectivity index (χ0n) is 10.9. The largest absolute Gasteiger partial charge is 0.310 e. The monoisotopic (exact) mass is 243 g/mol. The van der Waals surface area contributed by atoms with Gasteiger partial charge in [-0.15, -0.1) is 0 Å². The van der Waals surface area contributed by atoms with E-state index in [2.05, 4.69) is 5.10 Å². The van der Waals surface area contributed by atoms with Gasteiger partial charge in [0, 0.05) is 19.3 Å². The molecule has 94 valence electrons. The summed E-state index contributed by atoms with van der Waals surface area (Å²) >= 11 is 0. The molecular weight excluding hydrogens is 226 g/mol. The van der Waals surface area contributed by atoms with E-state index in [1.807, 2.05) is 50.2 Å². The lowest BCUT2D eigenvalue weighted by molar-refractivity contribution is 0.0983. The fourth-order valence-corrected chi connectivity index (χ4v) is 1.90. The molecule has 1 aromatic heterocycles. The van der Waals surface area contributed by atoms with Gasteiger partial charge in [0.05, 0.1) is 5.69 Å². The van der Waals surface area contributed by atoms with E-state index in [4.69, 9.17) is 0 Å². The van der Waals surface area contributed by atoms with Crippen LogP contribution in [0.4, 0.5) is 5.69 Å². The van der Waals surface area contributed by atoms with Crippen LogP contribution in [0, 0.1) is 6.92 Å². The van der Waals surface area contributed by atoms with Crippen LogP contribution in [0.1, 0.15) is 23.1 Å². The normalized spacial score (nSPS) is 10.4. The van der Waals surface area contributed by atoms with Gasteiger partial charge in [0.15, 0.2) is 0 Å². The summed E-state index contributed by atoms with van der Waals surface area (Å²) in [5.41, 5.74) is 2.37. The minimum absolute atomic E-state index is 0.0383. The second-order valence-electron chi connectivity index (χ2n) is 4.19. The van der Waals surface area contributed by atoms with E-state index in [9.17, 15) is 4.79 Å². The number of rotatable bonds is 3. The van der Waals surface area contributed by atoms with Crippen LogP contribution in [-0.4, -0.2) is 22.7 Å². The molecule has 1 aromatic carbocycles. The number of aryl methyl sites for hydroxylation is 2. The molecule has 0 unspecified atom stereocenters. The van der Waals surface area contributed by atoms with Gasteiger partial charge >= 0.3 is 0 Å². The number of amides is 1. The average molecular weight is 243 g/mol. The molecule has 1 heterocycles. The number of carbonyl (C=O) groups excluding carboxylic acids is 1. The molecule has 4 nitrogen and oxygen atoms in total. The Hall–Kier alpha value is -2.10. The first-order valence-corrected chi connectivity index (χ1v) is 6.01. The van der Waals surface area contributed by atoms with Gasteiger partial charge in [0.25, 0.3) is 5.91 Å². The van der Waals surface area contributed by atoms with E-state index in [1.54, 1.807) is 16.6 Å². The second-order valence-corrected chi connectivity index (χ2v) is 4.19. The molecule has 4 heteroatoms. The molecule has 0 aliphatic rings. The SMILES string of the molecule is CCn1nc(C)cc1C(=O)N(C)c1ccccc1. The molecule has 2 rings (SSSR count). The van der Waals surface area contributed by atoms with Crippen molar-refractivity contribution >= 4 is 11.6 Å². The third-order valence-corrected chi connectivity index (χ3v) is 2.87. The number of hydrogen-bond acceptors (Lipinski definition) is 2. The van der Waals surface area contributed by atoms with Crippen LogP contribution in [0.25, 0.3) is 0 Å². The molecule has 0 aliphatic carbocycles. The zero-order chi connectivity index (χ0) is 13.1. The van der Waals surface area contributed by atoms with Crippen molar-refractivity contribution in [2.45, 2.75) is 20.4 Å². The molecular formula is C14H17N3O. The molecule has 0 atom stereocenters. The second kappa shape index (κ2) is 5.04. The van der Waals surface area contributed by atoms with Crippen molar-refractivity contribution < 1.29 is 4.79 Å². The first-order chi connectivity index (χ1) is 8.63. The fourth-order valence-electron chi connectivity index (χ4n) is 1.90. The number of carbonyl (C=O) groups is 1. The molecule has 0 saturated carbocycles. The van der Waals surface area contributed by atoms with Crippen LogP contribution in [0.5, 0.6) is 0 Å². The summed E-state index contributed by atoms with van der Waals surface area (Å²) in [5, 5.41) is 4.30. The summed E-state index contributed by atoms with van der Waals surface area (Å²) in [6.45, 7) is 4.56. The molecule has 2 aromatic rings. The van der Waals surface area contributed by atoms with Gasteiger partial charge < -0.3 is 4.90 Å². The summed E-state index contributed by atoms with van der Waals surface area (Å²) in [6, 6.07) is 11.4. The third kappa shape index (κ3) is 2.27.